The van der Waals surface area contributed by atoms with Crippen molar-refractivity contribution in [3.63, 3.8) is 0 Å². The third kappa shape index (κ3) is 3.53. The molecule has 1 amide bonds. The van der Waals surface area contributed by atoms with Crippen LogP contribution >= 0.6 is 0 Å². The molecule has 2 aromatic rings. The summed E-state index contributed by atoms with van der Waals surface area (Å²) in [6.45, 7) is 1.11. The van der Waals surface area contributed by atoms with Crippen molar-refractivity contribution in [2.45, 2.75) is 31.5 Å². The number of aromatic nitrogens is 2. The number of carbonyl (C=O) groups is 1. The molecule has 144 valence electrons. The Morgan fingerprint density at radius 3 is 2.74 bits per heavy atom. The molecule has 3 heterocycles. The van der Waals surface area contributed by atoms with Crippen LogP contribution in [0.5, 0.6) is 5.75 Å². The van der Waals surface area contributed by atoms with Crippen LogP contribution < -0.4 is 4.74 Å². The Balaban J connectivity index is 1.48. The second kappa shape index (κ2) is 6.92. The van der Waals surface area contributed by atoms with Gasteiger partial charge in [0.15, 0.2) is 0 Å². The number of rotatable bonds is 4. The van der Waals surface area contributed by atoms with Crippen molar-refractivity contribution in [1.29, 1.82) is 0 Å². The van der Waals surface area contributed by atoms with E-state index in [1.54, 1.807) is 22.7 Å². The molecule has 0 aliphatic carbocycles. The lowest BCUT2D eigenvalue weighted by molar-refractivity contribution is -0.115. The largest absolute Gasteiger partial charge is 0.487 e. The molecule has 1 fully saturated rings. The predicted octanol–water partition coefficient (Wildman–Crippen LogP) is 2.26. The maximum atomic E-state index is 14.5. The number of fused-ring (bicyclic) bond motifs is 1. The first-order valence-electron chi connectivity index (χ1n) is 9.06. The average Bonchev–Trinajstić information content (AvgIpc) is 3.05. The number of ether oxygens (including phenoxy) is 1. The van der Waals surface area contributed by atoms with Gasteiger partial charge in [0.25, 0.3) is 11.8 Å². The highest BCUT2D eigenvalue weighted by molar-refractivity contribution is 5.93. The van der Waals surface area contributed by atoms with Crippen molar-refractivity contribution in [2.75, 3.05) is 26.7 Å². The number of benzene rings is 1. The van der Waals surface area contributed by atoms with Crippen molar-refractivity contribution in [2.24, 2.45) is 0 Å². The van der Waals surface area contributed by atoms with Crippen LogP contribution in [0.25, 0.3) is 0 Å². The number of halogens is 2. The van der Waals surface area contributed by atoms with Crippen LogP contribution in [0.1, 0.15) is 22.6 Å². The molecule has 1 unspecified atom stereocenters. The molecule has 27 heavy (non-hydrogen) atoms. The van der Waals surface area contributed by atoms with Crippen LogP contribution in [0.2, 0.25) is 0 Å². The van der Waals surface area contributed by atoms with Gasteiger partial charge >= 0.3 is 0 Å². The molecule has 1 saturated heterocycles. The maximum Gasteiger partial charge on any atom is 0.280 e. The summed E-state index contributed by atoms with van der Waals surface area (Å²) < 4.78 is 36.2. The van der Waals surface area contributed by atoms with Gasteiger partial charge in [-0.1, -0.05) is 18.2 Å². The van der Waals surface area contributed by atoms with E-state index in [1.807, 2.05) is 30.3 Å². The van der Waals surface area contributed by atoms with Crippen LogP contribution in [-0.4, -0.2) is 64.1 Å². The van der Waals surface area contributed by atoms with Crippen LogP contribution in [-0.2, 0) is 13.2 Å². The lowest BCUT2D eigenvalue weighted by Crippen LogP contribution is -2.60. The highest BCUT2D eigenvalue weighted by Gasteiger charge is 2.49. The Bertz CT molecular complexity index is 824. The number of hydrogen-bond acceptors (Lipinski definition) is 4. The van der Waals surface area contributed by atoms with Gasteiger partial charge in [-0.3, -0.25) is 9.48 Å². The first-order valence-corrected chi connectivity index (χ1v) is 9.06. The third-order valence-electron chi connectivity index (χ3n) is 5.12. The normalized spacial score (nSPS) is 22.6. The van der Waals surface area contributed by atoms with Crippen molar-refractivity contribution in [1.82, 2.24) is 19.6 Å². The van der Waals surface area contributed by atoms with Gasteiger partial charge in [-0.2, -0.15) is 5.10 Å². The number of likely N-dealkylation sites (tertiary alicyclic amines) is 1. The van der Waals surface area contributed by atoms with Gasteiger partial charge in [-0.15, -0.1) is 0 Å². The molecule has 2 aliphatic heterocycles. The Labute approximate surface area is 156 Å². The second-order valence-corrected chi connectivity index (χ2v) is 7.15. The van der Waals surface area contributed by atoms with E-state index in [1.165, 1.54) is 4.90 Å². The highest BCUT2D eigenvalue weighted by Crippen LogP contribution is 2.32. The molecule has 1 aromatic heterocycles. The Hall–Kier alpha value is -2.48. The number of para-hydroxylation sites is 1. The quantitative estimate of drug-likeness (QED) is 0.821. The molecule has 0 N–H and O–H groups in total. The van der Waals surface area contributed by atoms with E-state index in [2.05, 4.69) is 5.10 Å². The molecule has 6 nitrogen and oxygen atoms in total. The number of alkyl halides is 2. The first-order chi connectivity index (χ1) is 12.9. The van der Waals surface area contributed by atoms with Crippen molar-refractivity contribution in [3.8, 4) is 5.75 Å². The summed E-state index contributed by atoms with van der Waals surface area (Å²) in [7, 11) is 1.68. The molecule has 4 rings (SSSR count). The molecule has 8 heteroatoms. The molecule has 1 aromatic carbocycles. The lowest BCUT2D eigenvalue weighted by atomic mass is 9.98. The minimum atomic E-state index is -2.91. The number of amides is 1. The standard InChI is InChI=1S/C19H22F2N4O2/c1-23-8-7-17(19(20,21)13-23)24-9-10-25-16(18(24)26)11-14(22-25)12-27-15-5-3-2-4-6-15/h2-6,11,17H,7-10,12-13H2,1H3. The SMILES string of the molecule is CN1CCC(N2CCn3nc(COc4ccccc4)cc3C2=O)C(F)(F)C1. The van der Waals surface area contributed by atoms with E-state index in [9.17, 15) is 13.6 Å². The van der Waals surface area contributed by atoms with E-state index >= 15 is 0 Å². The fourth-order valence-electron chi connectivity index (χ4n) is 3.79. The van der Waals surface area contributed by atoms with Gasteiger partial charge in [0, 0.05) is 13.1 Å². The van der Waals surface area contributed by atoms with Crippen LogP contribution in [0.15, 0.2) is 36.4 Å². The Kier molecular flexibility index (Phi) is 4.59. The number of piperidine rings is 1. The third-order valence-corrected chi connectivity index (χ3v) is 5.12. The summed E-state index contributed by atoms with van der Waals surface area (Å²) in [4.78, 5) is 15.8. The molecule has 0 spiro atoms. The number of nitrogens with zero attached hydrogens (tertiary/aromatic N) is 4. The molecule has 0 bridgehead atoms. The maximum absolute atomic E-state index is 14.5. The van der Waals surface area contributed by atoms with Gasteiger partial charge in [0.05, 0.1) is 19.1 Å². The molecule has 2 aliphatic rings. The first kappa shape index (κ1) is 17.9. The van der Waals surface area contributed by atoms with Crippen molar-refractivity contribution < 1.29 is 18.3 Å². The summed E-state index contributed by atoms with van der Waals surface area (Å²) in [5.41, 5.74) is 0.960. The summed E-state index contributed by atoms with van der Waals surface area (Å²) in [6, 6.07) is 9.90. The summed E-state index contributed by atoms with van der Waals surface area (Å²) >= 11 is 0. The molecular weight excluding hydrogens is 354 g/mol. The number of carbonyl (C=O) groups excluding carboxylic acids is 1. The van der Waals surface area contributed by atoms with E-state index in [4.69, 9.17) is 4.74 Å². The predicted molar refractivity (Wildman–Crippen MR) is 94.9 cm³/mol. The van der Waals surface area contributed by atoms with Crippen molar-refractivity contribution in [3.05, 3.63) is 47.8 Å². The van der Waals surface area contributed by atoms with E-state index in [0.717, 1.165) is 0 Å². The summed E-state index contributed by atoms with van der Waals surface area (Å²) in [5, 5.41) is 4.39. The van der Waals surface area contributed by atoms with E-state index in [-0.39, 0.29) is 32.0 Å². The monoisotopic (exact) mass is 376 g/mol. The van der Waals surface area contributed by atoms with Gasteiger partial charge in [-0.05, 0) is 31.7 Å². The molecule has 0 saturated carbocycles. The van der Waals surface area contributed by atoms with Crippen LogP contribution in [0.4, 0.5) is 8.78 Å². The molecule has 0 radical (unpaired) electrons. The zero-order valence-corrected chi connectivity index (χ0v) is 15.1. The van der Waals surface area contributed by atoms with Crippen LogP contribution in [0, 0.1) is 0 Å². The Morgan fingerprint density at radius 1 is 1.22 bits per heavy atom. The van der Waals surface area contributed by atoms with E-state index in [0.29, 0.717) is 30.2 Å². The fraction of sp³-hybridized carbons (Fsp3) is 0.474. The van der Waals surface area contributed by atoms with Gasteiger partial charge in [-0.25, -0.2) is 8.78 Å². The average molecular weight is 376 g/mol. The fourth-order valence-corrected chi connectivity index (χ4v) is 3.79. The zero-order chi connectivity index (χ0) is 19.0. The summed E-state index contributed by atoms with van der Waals surface area (Å²) in [6.07, 6.45) is 0.271. The van der Waals surface area contributed by atoms with Gasteiger partial charge in [0.2, 0.25) is 0 Å². The molecular formula is C19H22F2N4O2. The lowest BCUT2D eigenvalue weighted by Gasteiger charge is -2.43. The van der Waals surface area contributed by atoms with Gasteiger partial charge in [0.1, 0.15) is 23.7 Å². The van der Waals surface area contributed by atoms with Gasteiger partial charge < -0.3 is 14.5 Å². The highest BCUT2D eigenvalue weighted by atomic mass is 19.3. The minimum Gasteiger partial charge on any atom is -0.487 e. The van der Waals surface area contributed by atoms with E-state index < -0.39 is 12.0 Å². The topological polar surface area (TPSA) is 50.6 Å². The smallest absolute Gasteiger partial charge is 0.280 e. The second-order valence-electron chi connectivity index (χ2n) is 7.15. The van der Waals surface area contributed by atoms with Crippen molar-refractivity contribution >= 4 is 5.91 Å². The van der Waals surface area contributed by atoms with Crippen LogP contribution in [0.3, 0.4) is 0 Å². The summed E-state index contributed by atoms with van der Waals surface area (Å²) in [5.74, 6) is -2.58. The number of hydrogen-bond donors (Lipinski definition) is 0. The zero-order valence-electron chi connectivity index (χ0n) is 15.1. The minimum absolute atomic E-state index is 0.224. The Morgan fingerprint density at radius 2 is 2.00 bits per heavy atom. The molecule has 1 atom stereocenters.